The van der Waals surface area contributed by atoms with Gasteiger partial charge in [-0.15, -0.1) is 0 Å². The predicted molar refractivity (Wildman–Crippen MR) is 71.0 cm³/mol. The molecule has 0 fully saturated rings. The van der Waals surface area contributed by atoms with Gasteiger partial charge in [0.1, 0.15) is 0 Å². The van der Waals surface area contributed by atoms with E-state index < -0.39 is 0 Å². The molecule has 0 aliphatic heterocycles. The van der Waals surface area contributed by atoms with Crippen LogP contribution in [-0.2, 0) is 6.42 Å². The molecule has 0 spiro atoms. The Balaban J connectivity index is 2.62. The van der Waals surface area contributed by atoms with Crippen LogP contribution in [0.2, 0.25) is 0 Å². The smallest absolute Gasteiger partial charge is 0.0628 e. The minimum Gasteiger partial charge on any atom is -0.393 e. The van der Waals surface area contributed by atoms with E-state index >= 15 is 0 Å². The summed E-state index contributed by atoms with van der Waals surface area (Å²) in [5.74, 6) is 0.282. The maximum atomic E-state index is 9.76. The average Bonchev–Trinajstić information content (AvgIpc) is 2.78. The molecule has 0 radical (unpaired) electrons. The van der Waals surface area contributed by atoms with Gasteiger partial charge in [0.15, 0.2) is 0 Å². The molecule has 1 aromatic heterocycles. The Bertz CT molecular complexity index is 318. The Hall–Kier alpha value is -0.830. The molecule has 1 heterocycles. The fraction of sp³-hybridized carbons (Fsp3) is 0.786. The molecular weight excluding hydrogens is 212 g/mol. The van der Waals surface area contributed by atoms with Crippen molar-refractivity contribution >= 4 is 0 Å². The zero-order chi connectivity index (χ0) is 12.8. The van der Waals surface area contributed by atoms with Gasteiger partial charge in [-0.3, -0.25) is 4.68 Å². The van der Waals surface area contributed by atoms with E-state index in [1.807, 2.05) is 6.92 Å². The third kappa shape index (κ3) is 3.84. The molecule has 2 unspecified atom stereocenters. The second kappa shape index (κ2) is 6.80. The maximum absolute atomic E-state index is 9.76. The molecule has 1 N–H and O–H groups in total. The van der Waals surface area contributed by atoms with Gasteiger partial charge in [-0.05, 0) is 37.7 Å². The summed E-state index contributed by atoms with van der Waals surface area (Å²) in [5, 5.41) is 14.4. The van der Waals surface area contributed by atoms with Crippen molar-refractivity contribution in [2.24, 2.45) is 5.92 Å². The Morgan fingerprint density at radius 2 is 1.88 bits per heavy atom. The van der Waals surface area contributed by atoms with Crippen LogP contribution in [0.1, 0.15) is 58.7 Å². The fourth-order valence-electron chi connectivity index (χ4n) is 2.22. The van der Waals surface area contributed by atoms with Gasteiger partial charge < -0.3 is 5.11 Å². The second-order valence-corrected chi connectivity index (χ2v) is 4.91. The predicted octanol–water partition coefficient (Wildman–Crippen LogP) is 3.19. The van der Waals surface area contributed by atoms with Crippen LogP contribution < -0.4 is 0 Å². The van der Waals surface area contributed by atoms with Crippen molar-refractivity contribution in [2.45, 2.75) is 65.5 Å². The van der Waals surface area contributed by atoms with E-state index in [4.69, 9.17) is 0 Å². The van der Waals surface area contributed by atoms with Gasteiger partial charge in [0, 0.05) is 6.20 Å². The van der Waals surface area contributed by atoms with E-state index in [2.05, 4.69) is 42.8 Å². The van der Waals surface area contributed by atoms with E-state index in [1.54, 1.807) is 0 Å². The number of rotatable bonds is 7. The van der Waals surface area contributed by atoms with Crippen LogP contribution in [0.5, 0.6) is 0 Å². The molecule has 98 valence electrons. The lowest BCUT2D eigenvalue weighted by Gasteiger charge is -2.16. The molecule has 2 atom stereocenters. The first-order valence-electron chi connectivity index (χ1n) is 6.84. The molecule has 3 heteroatoms. The standard InChI is InChI=1S/C14H26N2O/c1-5-13(6-2)16-9-8-12(15-16)10-11(4)14(17)7-3/h8-9,11,13-14,17H,5-7,10H2,1-4H3. The van der Waals surface area contributed by atoms with E-state index in [9.17, 15) is 5.11 Å². The lowest BCUT2D eigenvalue weighted by molar-refractivity contribution is 0.112. The van der Waals surface area contributed by atoms with Gasteiger partial charge in [-0.25, -0.2) is 0 Å². The second-order valence-electron chi connectivity index (χ2n) is 4.91. The first kappa shape index (κ1) is 14.2. The SMILES string of the molecule is CCC(O)C(C)Cc1ccn(C(CC)CC)n1. The molecule has 0 bridgehead atoms. The van der Waals surface area contributed by atoms with Gasteiger partial charge in [0.05, 0.1) is 17.8 Å². The van der Waals surface area contributed by atoms with Crippen molar-refractivity contribution in [3.63, 3.8) is 0 Å². The lowest BCUT2D eigenvalue weighted by Crippen LogP contribution is -2.19. The third-order valence-electron chi connectivity index (χ3n) is 3.59. The third-order valence-corrected chi connectivity index (χ3v) is 3.59. The molecule has 0 saturated carbocycles. The number of aliphatic hydroxyl groups is 1. The summed E-state index contributed by atoms with van der Waals surface area (Å²) in [6, 6.07) is 2.59. The Morgan fingerprint density at radius 1 is 1.24 bits per heavy atom. The molecule has 0 aliphatic rings. The van der Waals surface area contributed by atoms with Crippen LogP contribution >= 0.6 is 0 Å². The summed E-state index contributed by atoms with van der Waals surface area (Å²) in [7, 11) is 0. The van der Waals surface area contributed by atoms with Gasteiger partial charge in [-0.2, -0.15) is 5.10 Å². The minimum atomic E-state index is -0.215. The van der Waals surface area contributed by atoms with Crippen molar-refractivity contribution in [1.82, 2.24) is 9.78 Å². The molecule has 0 aliphatic carbocycles. The normalized spacial score (nSPS) is 15.2. The molecule has 3 nitrogen and oxygen atoms in total. The summed E-state index contributed by atoms with van der Waals surface area (Å²) in [4.78, 5) is 0. The van der Waals surface area contributed by atoms with Crippen LogP contribution in [0.25, 0.3) is 0 Å². The number of aliphatic hydroxyl groups excluding tert-OH is 1. The van der Waals surface area contributed by atoms with Crippen LogP contribution in [-0.4, -0.2) is 21.0 Å². The molecule has 1 rings (SSSR count). The highest BCUT2D eigenvalue weighted by atomic mass is 16.3. The van der Waals surface area contributed by atoms with Crippen molar-refractivity contribution in [2.75, 3.05) is 0 Å². The van der Waals surface area contributed by atoms with E-state index in [-0.39, 0.29) is 12.0 Å². The topological polar surface area (TPSA) is 38.0 Å². The van der Waals surface area contributed by atoms with E-state index in [1.165, 1.54) is 0 Å². The first-order chi connectivity index (χ1) is 8.12. The van der Waals surface area contributed by atoms with Crippen molar-refractivity contribution in [1.29, 1.82) is 0 Å². The number of hydrogen-bond acceptors (Lipinski definition) is 2. The maximum Gasteiger partial charge on any atom is 0.0628 e. The number of nitrogens with zero attached hydrogens (tertiary/aromatic N) is 2. The van der Waals surface area contributed by atoms with Crippen molar-refractivity contribution < 1.29 is 5.11 Å². The summed E-state index contributed by atoms with van der Waals surface area (Å²) in [6.45, 7) is 8.49. The summed E-state index contributed by atoms with van der Waals surface area (Å²) in [5.41, 5.74) is 1.09. The van der Waals surface area contributed by atoms with E-state index in [0.717, 1.165) is 31.4 Å². The lowest BCUT2D eigenvalue weighted by atomic mass is 9.97. The Morgan fingerprint density at radius 3 is 2.41 bits per heavy atom. The summed E-state index contributed by atoms with van der Waals surface area (Å²) >= 11 is 0. The highest BCUT2D eigenvalue weighted by Gasteiger charge is 2.15. The average molecular weight is 238 g/mol. The molecule has 0 aromatic carbocycles. The van der Waals surface area contributed by atoms with Crippen LogP contribution in [0.4, 0.5) is 0 Å². The summed E-state index contributed by atoms with van der Waals surface area (Å²) < 4.78 is 2.07. The zero-order valence-electron chi connectivity index (χ0n) is 11.6. The first-order valence-corrected chi connectivity index (χ1v) is 6.84. The Labute approximate surface area is 105 Å². The molecular formula is C14H26N2O. The summed E-state index contributed by atoms with van der Waals surface area (Å²) in [6.07, 6.45) is 5.76. The Kier molecular flexibility index (Phi) is 5.69. The highest BCUT2D eigenvalue weighted by molar-refractivity contribution is 5.01. The van der Waals surface area contributed by atoms with Crippen LogP contribution in [0.3, 0.4) is 0 Å². The van der Waals surface area contributed by atoms with Crippen LogP contribution in [0.15, 0.2) is 12.3 Å². The number of hydrogen-bond donors (Lipinski definition) is 1. The van der Waals surface area contributed by atoms with Crippen LogP contribution in [0, 0.1) is 5.92 Å². The zero-order valence-corrected chi connectivity index (χ0v) is 11.6. The molecule has 17 heavy (non-hydrogen) atoms. The van der Waals surface area contributed by atoms with Gasteiger partial charge in [-0.1, -0.05) is 27.7 Å². The molecule has 0 amide bonds. The monoisotopic (exact) mass is 238 g/mol. The fourth-order valence-corrected chi connectivity index (χ4v) is 2.22. The van der Waals surface area contributed by atoms with Crippen molar-refractivity contribution in [3.8, 4) is 0 Å². The van der Waals surface area contributed by atoms with Gasteiger partial charge in [0.2, 0.25) is 0 Å². The number of aromatic nitrogens is 2. The van der Waals surface area contributed by atoms with Crippen molar-refractivity contribution in [3.05, 3.63) is 18.0 Å². The van der Waals surface area contributed by atoms with Gasteiger partial charge >= 0.3 is 0 Å². The highest BCUT2D eigenvalue weighted by Crippen LogP contribution is 2.17. The van der Waals surface area contributed by atoms with E-state index in [0.29, 0.717) is 6.04 Å². The largest absolute Gasteiger partial charge is 0.393 e. The minimum absolute atomic E-state index is 0.215. The van der Waals surface area contributed by atoms with Gasteiger partial charge in [0.25, 0.3) is 0 Å². The molecule has 1 aromatic rings. The molecule has 0 saturated heterocycles. The quantitative estimate of drug-likeness (QED) is 0.792.